The highest BCUT2D eigenvalue weighted by atomic mass is 19.1. The second-order valence-electron chi connectivity index (χ2n) is 5.50. The third kappa shape index (κ3) is 3.51. The van der Waals surface area contributed by atoms with Crippen molar-refractivity contribution in [2.75, 3.05) is 0 Å². The van der Waals surface area contributed by atoms with Crippen LogP contribution in [0.2, 0.25) is 0 Å². The van der Waals surface area contributed by atoms with E-state index in [0.29, 0.717) is 0 Å². The zero-order chi connectivity index (χ0) is 16.9. The smallest absolute Gasteiger partial charge is 0.141 e. The topological polar surface area (TPSA) is 23.8 Å². The molecule has 0 heterocycles. The maximum Gasteiger partial charge on any atom is 0.141 e. The minimum Gasteiger partial charge on any atom is -0.206 e. The maximum atomic E-state index is 13.7. The van der Waals surface area contributed by atoms with E-state index in [2.05, 4.69) is 11.8 Å². The van der Waals surface area contributed by atoms with Crippen molar-refractivity contribution in [1.29, 1.82) is 5.26 Å². The van der Waals surface area contributed by atoms with Gasteiger partial charge in [-0.05, 0) is 54.4 Å². The number of hydrogen-bond acceptors (Lipinski definition) is 1. The highest BCUT2D eigenvalue weighted by Crippen LogP contribution is 2.22. The average molecular weight is 311 g/mol. The molecule has 3 rings (SSSR count). The Balaban J connectivity index is 1.82. The molecule has 0 atom stereocenters. The first-order chi connectivity index (χ1) is 11.7. The first-order valence-electron chi connectivity index (χ1n) is 7.54. The molecule has 114 valence electrons. The van der Waals surface area contributed by atoms with E-state index in [0.717, 1.165) is 22.3 Å². The first-order valence-corrected chi connectivity index (χ1v) is 7.54. The summed E-state index contributed by atoms with van der Waals surface area (Å²) < 4.78 is 13.7. The van der Waals surface area contributed by atoms with E-state index in [1.54, 1.807) is 6.07 Å². The van der Waals surface area contributed by atoms with Crippen molar-refractivity contribution in [2.24, 2.45) is 0 Å². The van der Waals surface area contributed by atoms with Gasteiger partial charge in [-0.3, -0.25) is 0 Å². The first kappa shape index (κ1) is 15.5. The van der Waals surface area contributed by atoms with E-state index in [-0.39, 0.29) is 5.56 Å². The van der Waals surface area contributed by atoms with Crippen LogP contribution in [0.5, 0.6) is 0 Å². The summed E-state index contributed by atoms with van der Waals surface area (Å²) in [6.45, 7) is 2.04. The fourth-order valence-corrected chi connectivity index (χ4v) is 2.31. The predicted molar refractivity (Wildman–Crippen MR) is 93.7 cm³/mol. The molecule has 0 saturated heterocycles. The normalized spacial score (nSPS) is 9.71. The SMILES string of the molecule is Cc1ccc(C#Cc2ccc(-c3ccc(C#N)c(F)c3)cc2)cc1. The van der Waals surface area contributed by atoms with Gasteiger partial charge in [-0.1, -0.05) is 47.7 Å². The van der Waals surface area contributed by atoms with Gasteiger partial charge in [-0.2, -0.15) is 5.26 Å². The molecule has 0 aromatic heterocycles. The summed E-state index contributed by atoms with van der Waals surface area (Å²) in [5, 5.41) is 8.78. The van der Waals surface area contributed by atoms with Crippen LogP contribution in [0.4, 0.5) is 4.39 Å². The van der Waals surface area contributed by atoms with Gasteiger partial charge in [-0.25, -0.2) is 4.39 Å². The number of nitriles is 1. The van der Waals surface area contributed by atoms with Crippen LogP contribution in [-0.4, -0.2) is 0 Å². The highest BCUT2D eigenvalue weighted by Gasteiger charge is 2.04. The average Bonchev–Trinajstić information content (AvgIpc) is 2.61. The molecule has 3 aromatic rings. The lowest BCUT2D eigenvalue weighted by Gasteiger charge is -2.03. The Labute approximate surface area is 141 Å². The second kappa shape index (κ2) is 6.82. The standard InChI is InChI=1S/C22H14FN/c1-16-2-4-17(5-3-16)6-7-18-8-10-19(11-9-18)20-12-13-21(15-24)22(23)14-20/h2-5,8-14H,1H3. The summed E-state index contributed by atoms with van der Waals surface area (Å²) in [5.74, 6) is 5.75. The molecule has 0 aliphatic heterocycles. The summed E-state index contributed by atoms with van der Waals surface area (Å²) >= 11 is 0. The molecular weight excluding hydrogens is 297 g/mol. The fraction of sp³-hybridized carbons (Fsp3) is 0.0455. The Kier molecular flexibility index (Phi) is 4.41. The van der Waals surface area contributed by atoms with Crippen molar-refractivity contribution in [1.82, 2.24) is 0 Å². The van der Waals surface area contributed by atoms with Crippen LogP contribution in [0.3, 0.4) is 0 Å². The largest absolute Gasteiger partial charge is 0.206 e. The molecule has 2 heteroatoms. The van der Waals surface area contributed by atoms with E-state index < -0.39 is 5.82 Å². The van der Waals surface area contributed by atoms with Crippen molar-refractivity contribution in [3.63, 3.8) is 0 Å². The Bertz CT molecular complexity index is 966. The molecule has 0 N–H and O–H groups in total. The van der Waals surface area contributed by atoms with Gasteiger partial charge in [0.1, 0.15) is 11.9 Å². The van der Waals surface area contributed by atoms with Crippen LogP contribution in [0.15, 0.2) is 66.7 Å². The van der Waals surface area contributed by atoms with Crippen LogP contribution in [0.1, 0.15) is 22.3 Å². The summed E-state index contributed by atoms with van der Waals surface area (Å²) in [6.07, 6.45) is 0. The Morgan fingerprint density at radius 1 is 0.750 bits per heavy atom. The molecule has 0 radical (unpaired) electrons. The van der Waals surface area contributed by atoms with Gasteiger partial charge in [0.25, 0.3) is 0 Å². The summed E-state index contributed by atoms with van der Waals surface area (Å²) in [4.78, 5) is 0. The number of hydrogen-bond donors (Lipinski definition) is 0. The van der Waals surface area contributed by atoms with E-state index in [4.69, 9.17) is 5.26 Å². The molecule has 0 amide bonds. The molecule has 0 saturated carbocycles. The van der Waals surface area contributed by atoms with Gasteiger partial charge >= 0.3 is 0 Å². The molecule has 0 aliphatic carbocycles. The van der Waals surface area contributed by atoms with E-state index >= 15 is 0 Å². The van der Waals surface area contributed by atoms with E-state index in [1.807, 2.05) is 61.5 Å². The molecule has 24 heavy (non-hydrogen) atoms. The molecule has 0 unspecified atom stereocenters. The van der Waals surface area contributed by atoms with Crippen molar-refractivity contribution in [3.05, 3.63) is 94.8 Å². The van der Waals surface area contributed by atoms with Gasteiger partial charge < -0.3 is 0 Å². The van der Waals surface area contributed by atoms with Crippen molar-refractivity contribution in [2.45, 2.75) is 6.92 Å². The fourth-order valence-electron chi connectivity index (χ4n) is 2.31. The highest BCUT2D eigenvalue weighted by molar-refractivity contribution is 5.65. The van der Waals surface area contributed by atoms with Gasteiger partial charge in [0.2, 0.25) is 0 Å². The van der Waals surface area contributed by atoms with E-state index in [1.165, 1.54) is 17.7 Å². The van der Waals surface area contributed by atoms with Crippen LogP contribution >= 0.6 is 0 Å². The number of benzene rings is 3. The van der Waals surface area contributed by atoms with Gasteiger partial charge in [0.05, 0.1) is 5.56 Å². The molecular formula is C22H14FN. The number of halogens is 1. The Hall–Kier alpha value is -3.36. The van der Waals surface area contributed by atoms with Crippen molar-refractivity contribution in [3.8, 4) is 29.0 Å². The third-order valence-corrected chi connectivity index (χ3v) is 3.71. The van der Waals surface area contributed by atoms with E-state index in [9.17, 15) is 4.39 Å². The Morgan fingerprint density at radius 3 is 1.83 bits per heavy atom. The predicted octanol–water partition coefficient (Wildman–Crippen LogP) is 5.07. The quantitative estimate of drug-likeness (QED) is 0.575. The zero-order valence-electron chi connectivity index (χ0n) is 13.2. The maximum absolute atomic E-state index is 13.7. The molecule has 0 spiro atoms. The van der Waals surface area contributed by atoms with Crippen molar-refractivity contribution < 1.29 is 4.39 Å². The van der Waals surface area contributed by atoms with Crippen LogP contribution < -0.4 is 0 Å². The van der Waals surface area contributed by atoms with Crippen LogP contribution in [0.25, 0.3) is 11.1 Å². The zero-order valence-corrected chi connectivity index (χ0v) is 13.2. The lowest BCUT2D eigenvalue weighted by Crippen LogP contribution is -1.86. The van der Waals surface area contributed by atoms with Gasteiger partial charge in [0.15, 0.2) is 0 Å². The molecule has 0 bridgehead atoms. The third-order valence-electron chi connectivity index (χ3n) is 3.71. The summed E-state index contributed by atoms with van der Waals surface area (Å²) in [5.41, 5.74) is 4.76. The molecule has 1 nitrogen and oxygen atoms in total. The number of nitrogens with zero attached hydrogens (tertiary/aromatic N) is 1. The summed E-state index contributed by atoms with van der Waals surface area (Å²) in [6, 6.07) is 22.1. The van der Waals surface area contributed by atoms with Crippen LogP contribution in [0, 0.1) is 35.9 Å². The molecule has 3 aromatic carbocycles. The lowest BCUT2D eigenvalue weighted by atomic mass is 10.0. The number of rotatable bonds is 1. The van der Waals surface area contributed by atoms with Crippen LogP contribution in [-0.2, 0) is 0 Å². The van der Waals surface area contributed by atoms with Crippen molar-refractivity contribution >= 4 is 0 Å². The molecule has 0 fully saturated rings. The Morgan fingerprint density at radius 2 is 1.29 bits per heavy atom. The van der Waals surface area contributed by atoms with Gasteiger partial charge in [0, 0.05) is 11.1 Å². The molecule has 0 aliphatic rings. The minimum atomic E-state index is -0.502. The summed E-state index contributed by atoms with van der Waals surface area (Å²) in [7, 11) is 0. The number of aryl methyl sites for hydroxylation is 1. The minimum absolute atomic E-state index is 0.0549. The van der Waals surface area contributed by atoms with Gasteiger partial charge in [-0.15, -0.1) is 0 Å². The second-order valence-corrected chi connectivity index (χ2v) is 5.50. The monoisotopic (exact) mass is 311 g/mol. The lowest BCUT2D eigenvalue weighted by molar-refractivity contribution is 0.624.